The zero-order valence-electron chi connectivity index (χ0n) is 13.9. The molecule has 0 bridgehead atoms. The number of rotatable bonds is 4. The molecule has 2 aromatic rings. The molecule has 3 heterocycles. The van der Waals surface area contributed by atoms with Gasteiger partial charge in [-0.25, -0.2) is 4.68 Å². The number of nitrogens with zero attached hydrogens (tertiary/aromatic N) is 5. The predicted octanol–water partition coefficient (Wildman–Crippen LogP) is 2.08. The minimum absolute atomic E-state index is 0.463. The summed E-state index contributed by atoms with van der Waals surface area (Å²) in [7, 11) is 3.65. The highest BCUT2D eigenvalue weighted by atomic mass is 16.5. The van der Waals surface area contributed by atoms with Gasteiger partial charge in [-0.2, -0.15) is 10.2 Å². The Hall–Kier alpha value is -1.82. The molecular formula is C16H25N5O. The lowest BCUT2D eigenvalue weighted by atomic mass is 10.0. The lowest BCUT2D eigenvalue weighted by Gasteiger charge is -2.32. The van der Waals surface area contributed by atoms with E-state index in [0.717, 1.165) is 31.2 Å². The first-order valence-electron chi connectivity index (χ1n) is 7.88. The van der Waals surface area contributed by atoms with E-state index in [1.165, 1.54) is 24.0 Å². The van der Waals surface area contributed by atoms with Gasteiger partial charge in [0.25, 0.3) is 0 Å². The minimum atomic E-state index is 0.463. The Bertz CT molecular complexity index is 645. The molecule has 1 fully saturated rings. The van der Waals surface area contributed by atoms with Gasteiger partial charge in [0.15, 0.2) is 0 Å². The van der Waals surface area contributed by atoms with Crippen LogP contribution in [-0.2, 0) is 13.6 Å². The van der Waals surface area contributed by atoms with Gasteiger partial charge in [0.1, 0.15) is 0 Å². The average molecular weight is 303 g/mol. The fourth-order valence-corrected chi connectivity index (χ4v) is 3.37. The molecule has 0 aromatic carbocycles. The molecule has 22 heavy (non-hydrogen) atoms. The van der Waals surface area contributed by atoms with E-state index in [-0.39, 0.29) is 0 Å². The number of hydrogen-bond donors (Lipinski definition) is 0. The molecule has 0 unspecified atom stereocenters. The van der Waals surface area contributed by atoms with Gasteiger partial charge < -0.3 is 4.74 Å². The Kier molecular flexibility index (Phi) is 4.20. The first-order chi connectivity index (χ1) is 10.6. The summed E-state index contributed by atoms with van der Waals surface area (Å²) in [4.78, 5) is 2.48. The predicted molar refractivity (Wildman–Crippen MR) is 85.0 cm³/mol. The van der Waals surface area contributed by atoms with Crippen LogP contribution in [0.4, 0.5) is 0 Å². The van der Waals surface area contributed by atoms with E-state index in [1.807, 2.05) is 17.9 Å². The Morgan fingerprint density at radius 2 is 2.18 bits per heavy atom. The third-order valence-electron chi connectivity index (χ3n) is 4.45. The zero-order chi connectivity index (χ0) is 15.7. The Morgan fingerprint density at radius 3 is 2.86 bits per heavy atom. The van der Waals surface area contributed by atoms with Crippen molar-refractivity contribution in [2.24, 2.45) is 7.05 Å². The van der Waals surface area contributed by atoms with Crippen LogP contribution in [0.2, 0.25) is 0 Å². The van der Waals surface area contributed by atoms with Gasteiger partial charge in [-0.05, 0) is 38.8 Å². The number of aryl methyl sites for hydroxylation is 3. The van der Waals surface area contributed by atoms with Crippen molar-refractivity contribution in [3.05, 3.63) is 29.2 Å². The van der Waals surface area contributed by atoms with Crippen LogP contribution < -0.4 is 4.74 Å². The van der Waals surface area contributed by atoms with Crippen LogP contribution in [0, 0.1) is 13.8 Å². The Morgan fingerprint density at radius 1 is 1.36 bits per heavy atom. The van der Waals surface area contributed by atoms with E-state index in [2.05, 4.69) is 39.8 Å². The van der Waals surface area contributed by atoms with E-state index in [1.54, 1.807) is 7.11 Å². The van der Waals surface area contributed by atoms with Crippen LogP contribution in [0.3, 0.4) is 0 Å². The third-order valence-corrected chi connectivity index (χ3v) is 4.45. The minimum Gasteiger partial charge on any atom is -0.481 e. The molecule has 1 aliphatic rings. The van der Waals surface area contributed by atoms with Crippen LogP contribution >= 0.6 is 0 Å². The lowest BCUT2D eigenvalue weighted by Crippen LogP contribution is -2.36. The van der Waals surface area contributed by atoms with E-state index in [0.29, 0.717) is 6.04 Å². The van der Waals surface area contributed by atoms with Crippen molar-refractivity contribution in [1.29, 1.82) is 0 Å². The number of aromatic nitrogens is 4. The summed E-state index contributed by atoms with van der Waals surface area (Å²) in [5, 5.41) is 8.96. The van der Waals surface area contributed by atoms with E-state index < -0.39 is 0 Å². The van der Waals surface area contributed by atoms with Gasteiger partial charge in [-0.15, -0.1) is 0 Å². The van der Waals surface area contributed by atoms with Gasteiger partial charge in [0.05, 0.1) is 30.6 Å². The molecule has 0 saturated carbocycles. The monoisotopic (exact) mass is 303 g/mol. The molecule has 1 aliphatic heterocycles. The number of piperidine rings is 1. The van der Waals surface area contributed by atoms with E-state index in [4.69, 9.17) is 4.74 Å². The second-order valence-electron chi connectivity index (χ2n) is 6.23. The molecule has 1 atom stereocenters. The largest absolute Gasteiger partial charge is 0.481 e. The molecule has 0 radical (unpaired) electrons. The average Bonchev–Trinajstić information content (AvgIpc) is 3.04. The second-order valence-corrected chi connectivity index (χ2v) is 6.23. The Balaban J connectivity index is 1.73. The van der Waals surface area contributed by atoms with Crippen molar-refractivity contribution in [2.75, 3.05) is 20.2 Å². The SMILES string of the molecule is COc1c(CN2CCC[C@H](n3cc(C)cn3)C2)c(C)nn1C. The molecule has 0 spiro atoms. The lowest BCUT2D eigenvalue weighted by molar-refractivity contribution is 0.161. The first kappa shape index (κ1) is 15.1. The van der Waals surface area contributed by atoms with Crippen LogP contribution in [0.5, 0.6) is 5.88 Å². The van der Waals surface area contributed by atoms with Gasteiger partial charge in [-0.3, -0.25) is 9.58 Å². The van der Waals surface area contributed by atoms with E-state index >= 15 is 0 Å². The summed E-state index contributed by atoms with van der Waals surface area (Å²) in [6.07, 6.45) is 6.48. The molecule has 0 N–H and O–H groups in total. The molecule has 6 nitrogen and oxygen atoms in total. The van der Waals surface area contributed by atoms with Crippen molar-refractivity contribution in [3.8, 4) is 5.88 Å². The molecule has 2 aromatic heterocycles. The van der Waals surface area contributed by atoms with Crippen molar-refractivity contribution < 1.29 is 4.74 Å². The van der Waals surface area contributed by atoms with E-state index in [9.17, 15) is 0 Å². The highest BCUT2D eigenvalue weighted by molar-refractivity contribution is 5.30. The number of ether oxygens (including phenoxy) is 1. The number of likely N-dealkylation sites (tertiary alicyclic amines) is 1. The maximum atomic E-state index is 5.51. The van der Waals surface area contributed by atoms with Crippen molar-refractivity contribution >= 4 is 0 Å². The van der Waals surface area contributed by atoms with Crippen molar-refractivity contribution in [2.45, 2.75) is 39.3 Å². The third kappa shape index (κ3) is 2.88. The number of hydrogen-bond acceptors (Lipinski definition) is 4. The summed E-state index contributed by atoms with van der Waals surface area (Å²) in [6.45, 7) is 7.18. The number of methoxy groups -OCH3 is 1. The summed E-state index contributed by atoms with van der Waals surface area (Å²) >= 11 is 0. The van der Waals surface area contributed by atoms with Gasteiger partial charge in [0, 0.05) is 26.3 Å². The molecule has 3 rings (SSSR count). The zero-order valence-corrected chi connectivity index (χ0v) is 13.9. The standard InChI is InChI=1S/C16H25N5O/c1-12-8-17-21(9-12)14-6-5-7-20(10-14)11-15-13(2)18-19(3)16(15)22-4/h8-9,14H,5-7,10-11H2,1-4H3/t14-/m0/s1. The quantitative estimate of drug-likeness (QED) is 0.867. The summed E-state index contributed by atoms with van der Waals surface area (Å²) in [5.41, 5.74) is 3.47. The molecule has 120 valence electrons. The van der Waals surface area contributed by atoms with Crippen LogP contribution in [0.1, 0.15) is 35.7 Å². The van der Waals surface area contributed by atoms with Gasteiger partial charge in [0.2, 0.25) is 5.88 Å². The van der Waals surface area contributed by atoms with Gasteiger partial charge >= 0.3 is 0 Å². The summed E-state index contributed by atoms with van der Waals surface area (Å²) in [6, 6.07) is 0.463. The first-order valence-corrected chi connectivity index (χ1v) is 7.88. The highest BCUT2D eigenvalue weighted by Crippen LogP contribution is 2.27. The normalized spacial score (nSPS) is 19.5. The molecule has 1 saturated heterocycles. The van der Waals surface area contributed by atoms with Crippen LogP contribution in [0.15, 0.2) is 12.4 Å². The van der Waals surface area contributed by atoms with Crippen LogP contribution in [0.25, 0.3) is 0 Å². The summed E-state index contributed by atoms with van der Waals surface area (Å²) in [5.74, 6) is 0.870. The maximum absolute atomic E-state index is 5.51. The topological polar surface area (TPSA) is 48.1 Å². The molecular weight excluding hydrogens is 278 g/mol. The maximum Gasteiger partial charge on any atom is 0.216 e. The smallest absolute Gasteiger partial charge is 0.216 e. The van der Waals surface area contributed by atoms with Crippen molar-refractivity contribution in [1.82, 2.24) is 24.5 Å². The molecule has 0 aliphatic carbocycles. The fraction of sp³-hybridized carbons (Fsp3) is 0.625. The Labute approximate surface area is 131 Å². The molecule has 0 amide bonds. The fourth-order valence-electron chi connectivity index (χ4n) is 3.37. The van der Waals surface area contributed by atoms with Crippen molar-refractivity contribution in [3.63, 3.8) is 0 Å². The van der Waals surface area contributed by atoms with Crippen LogP contribution in [-0.4, -0.2) is 44.7 Å². The highest BCUT2D eigenvalue weighted by Gasteiger charge is 2.24. The van der Waals surface area contributed by atoms with Gasteiger partial charge in [-0.1, -0.05) is 0 Å². The molecule has 6 heteroatoms. The summed E-state index contributed by atoms with van der Waals surface area (Å²) < 4.78 is 9.45. The second kappa shape index (κ2) is 6.12.